The van der Waals surface area contributed by atoms with Gasteiger partial charge in [0.05, 0.1) is 17.5 Å². The number of rotatable bonds is 9. The van der Waals surface area contributed by atoms with Gasteiger partial charge in [-0.3, -0.25) is 24.4 Å². The van der Waals surface area contributed by atoms with Gasteiger partial charge < -0.3 is 14.8 Å². The molecule has 51 heavy (non-hydrogen) atoms. The Balaban J connectivity index is 1.06. The van der Waals surface area contributed by atoms with Crippen molar-refractivity contribution in [2.24, 2.45) is 5.92 Å². The van der Waals surface area contributed by atoms with Crippen LogP contribution in [-0.4, -0.2) is 67.8 Å². The standard InChI is InChI=1S/C40H37ClN6O4/c1-23-30(5-3-7-32(23)39-45-35-17-25(16-33(41)37(35)51-39)19-46-13-10-28(21-46)40(49)50)31-6-4-8-34(24(31)2)44-38-36-27(9-12-42-38)15-26(18-43-36)20-47-14-11-29(48)22-47/h3-9,12,15-18,28H,10-11,13-14,19-22H2,1-2H3,(H,42,44)(H,49,50)/t28-/m1/s1. The second kappa shape index (κ2) is 13.5. The molecule has 1 atom stereocenters. The van der Waals surface area contributed by atoms with Crippen LogP contribution in [0.5, 0.6) is 0 Å². The smallest absolute Gasteiger partial charge is 0.307 e. The molecule has 10 nitrogen and oxygen atoms in total. The van der Waals surface area contributed by atoms with Gasteiger partial charge in [0.15, 0.2) is 11.4 Å². The van der Waals surface area contributed by atoms with Crippen molar-refractivity contribution < 1.29 is 19.1 Å². The van der Waals surface area contributed by atoms with Crippen LogP contribution >= 0.6 is 11.6 Å². The minimum atomic E-state index is -0.745. The summed E-state index contributed by atoms with van der Waals surface area (Å²) in [6.45, 7) is 8.03. The number of likely N-dealkylation sites (tertiary alicyclic amines) is 2. The van der Waals surface area contributed by atoms with Gasteiger partial charge in [-0.2, -0.15) is 0 Å². The fourth-order valence-electron chi connectivity index (χ4n) is 7.41. The number of nitrogens with zero attached hydrogens (tertiary/aromatic N) is 5. The molecule has 11 heteroatoms. The van der Waals surface area contributed by atoms with Crippen LogP contribution in [0.4, 0.5) is 11.5 Å². The van der Waals surface area contributed by atoms with Crippen molar-refractivity contribution in [3.05, 3.63) is 100 Å². The number of carboxylic acid groups (broad SMARTS) is 1. The highest BCUT2D eigenvalue weighted by Gasteiger charge is 2.28. The maximum atomic E-state index is 11.7. The molecule has 6 aromatic rings. The number of nitrogens with one attached hydrogen (secondary N) is 1. The number of carboxylic acids is 1. The lowest BCUT2D eigenvalue weighted by Crippen LogP contribution is -2.22. The van der Waals surface area contributed by atoms with E-state index in [4.69, 9.17) is 26.0 Å². The molecule has 0 aliphatic carbocycles. The van der Waals surface area contributed by atoms with Crippen molar-refractivity contribution >= 4 is 56.9 Å². The van der Waals surface area contributed by atoms with E-state index in [9.17, 15) is 14.7 Å². The molecule has 2 aliphatic heterocycles. The van der Waals surface area contributed by atoms with E-state index < -0.39 is 5.97 Å². The van der Waals surface area contributed by atoms with Gasteiger partial charge in [-0.25, -0.2) is 9.97 Å². The highest BCUT2D eigenvalue weighted by Crippen LogP contribution is 2.38. The summed E-state index contributed by atoms with van der Waals surface area (Å²) < 4.78 is 6.27. The topological polar surface area (TPSA) is 125 Å². The van der Waals surface area contributed by atoms with Crippen molar-refractivity contribution in [3.63, 3.8) is 0 Å². The molecule has 3 aromatic heterocycles. The van der Waals surface area contributed by atoms with Crippen molar-refractivity contribution in [2.75, 3.05) is 31.5 Å². The summed E-state index contributed by atoms with van der Waals surface area (Å²) in [5, 5.41) is 14.4. The number of carbonyl (C=O) groups is 2. The van der Waals surface area contributed by atoms with E-state index in [2.05, 4.69) is 52.1 Å². The lowest BCUT2D eigenvalue weighted by Gasteiger charge is -2.17. The number of halogens is 1. The maximum absolute atomic E-state index is 11.7. The van der Waals surface area contributed by atoms with Crippen LogP contribution in [0, 0.1) is 19.8 Å². The van der Waals surface area contributed by atoms with E-state index in [1.54, 1.807) is 6.20 Å². The molecule has 0 amide bonds. The number of oxazole rings is 1. The minimum absolute atomic E-state index is 0.290. The van der Waals surface area contributed by atoms with E-state index in [-0.39, 0.29) is 11.7 Å². The van der Waals surface area contributed by atoms with Gasteiger partial charge in [0.25, 0.3) is 0 Å². The van der Waals surface area contributed by atoms with Crippen LogP contribution in [-0.2, 0) is 22.7 Å². The quantitative estimate of drug-likeness (QED) is 0.154. The van der Waals surface area contributed by atoms with Gasteiger partial charge in [-0.15, -0.1) is 0 Å². The number of hydrogen-bond donors (Lipinski definition) is 2. The first-order valence-corrected chi connectivity index (χ1v) is 17.6. The molecule has 8 rings (SSSR count). The Kier molecular flexibility index (Phi) is 8.75. The van der Waals surface area contributed by atoms with Gasteiger partial charge in [0.2, 0.25) is 5.89 Å². The van der Waals surface area contributed by atoms with Gasteiger partial charge in [0, 0.05) is 61.6 Å². The third kappa shape index (κ3) is 6.58. The summed E-state index contributed by atoms with van der Waals surface area (Å²) in [6.07, 6.45) is 4.93. The van der Waals surface area contributed by atoms with Crippen LogP contribution in [0.25, 0.3) is 44.6 Å². The zero-order chi connectivity index (χ0) is 35.2. The zero-order valence-electron chi connectivity index (χ0n) is 28.4. The number of benzene rings is 3. The van der Waals surface area contributed by atoms with Crippen LogP contribution in [0.2, 0.25) is 5.02 Å². The molecular weight excluding hydrogens is 664 g/mol. The van der Waals surface area contributed by atoms with Gasteiger partial charge in [0.1, 0.15) is 16.8 Å². The average Bonchev–Trinajstić information content (AvgIpc) is 3.86. The number of pyridine rings is 2. The van der Waals surface area contributed by atoms with E-state index in [1.165, 1.54) is 0 Å². The molecule has 2 aliphatic rings. The Morgan fingerprint density at radius 2 is 1.75 bits per heavy atom. The summed E-state index contributed by atoms with van der Waals surface area (Å²) in [7, 11) is 0. The molecule has 2 N–H and O–H groups in total. The van der Waals surface area contributed by atoms with Gasteiger partial charge >= 0.3 is 5.97 Å². The highest BCUT2D eigenvalue weighted by atomic mass is 35.5. The molecule has 2 saturated heterocycles. The first kappa shape index (κ1) is 33.0. The number of aliphatic carboxylic acids is 1. The molecule has 0 spiro atoms. The number of ketones is 1. The zero-order valence-corrected chi connectivity index (χ0v) is 29.2. The van der Waals surface area contributed by atoms with E-state index >= 15 is 0 Å². The van der Waals surface area contributed by atoms with Crippen LogP contribution in [0.1, 0.15) is 35.1 Å². The first-order valence-electron chi connectivity index (χ1n) is 17.2. The predicted molar refractivity (Wildman–Crippen MR) is 198 cm³/mol. The lowest BCUT2D eigenvalue weighted by molar-refractivity contribution is -0.141. The summed E-state index contributed by atoms with van der Waals surface area (Å²) in [5.74, 6) is 0.376. The van der Waals surface area contributed by atoms with E-state index in [1.807, 2.05) is 48.7 Å². The van der Waals surface area contributed by atoms with Gasteiger partial charge in [-0.05, 0) is 96.6 Å². The van der Waals surface area contributed by atoms with Crippen LogP contribution in [0.15, 0.2) is 77.5 Å². The first-order chi connectivity index (χ1) is 24.7. The Bertz CT molecular complexity index is 2340. The van der Waals surface area contributed by atoms with E-state index in [0.717, 1.165) is 68.6 Å². The largest absolute Gasteiger partial charge is 0.481 e. The van der Waals surface area contributed by atoms with Crippen LogP contribution < -0.4 is 5.32 Å². The normalized spacial score (nSPS) is 16.8. The molecule has 258 valence electrons. The lowest BCUT2D eigenvalue weighted by atomic mass is 9.93. The summed E-state index contributed by atoms with van der Waals surface area (Å²) >= 11 is 6.71. The third-order valence-electron chi connectivity index (χ3n) is 10.1. The predicted octanol–water partition coefficient (Wildman–Crippen LogP) is 7.80. The van der Waals surface area contributed by atoms with E-state index in [0.29, 0.717) is 66.9 Å². The van der Waals surface area contributed by atoms with Crippen molar-refractivity contribution in [2.45, 2.75) is 39.8 Å². The number of Topliss-reactive ketones (excluding diaryl/α,β-unsaturated/α-hetero) is 1. The fourth-order valence-corrected chi connectivity index (χ4v) is 7.68. The summed E-state index contributed by atoms with van der Waals surface area (Å²) in [6, 6.07) is 20.3. The second-order valence-corrected chi connectivity index (χ2v) is 14.1. The molecule has 3 aromatic carbocycles. The molecule has 2 fully saturated rings. The fraction of sp³-hybridized carbons (Fsp3) is 0.275. The molecule has 0 bridgehead atoms. The maximum Gasteiger partial charge on any atom is 0.307 e. The molecule has 0 radical (unpaired) electrons. The molecule has 0 unspecified atom stereocenters. The number of aromatic nitrogens is 3. The molecular formula is C40H37ClN6O4. The monoisotopic (exact) mass is 700 g/mol. The summed E-state index contributed by atoms with van der Waals surface area (Å²) in [5.41, 5.74) is 10.0. The SMILES string of the molecule is Cc1c(Nc2nccc3cc(CN4CCC(=O)C4)cnc23)cccc1-c1cccc(-c2nc3cc(CN4CC[C@@H](C(=O)O)C4)cc(Cl)c3o2)c1C. The average molecular weight is 701 g/mol. The Morgan fingerprint density at radius 1 is 0.961 bits per heavy atom. The van der Waals surface area contributed by atoms with Gasteiger partial charge in [-0.1, -0.05) is 35.9 Å². The number of carbonyl (C=O) groups excluding carboxylic acids is 1. The van der Waals surface area contributed by atoms with Crippen molar-refractivity contribution in [1.29, 1.82) is 0 Å². The minimum Gasteiger partial charge on any atom is -0.481 e. The third-order valence-corrected chi connectivity index (χ3v) is 10.4. The Hall–Kier alpha value is -5.16. The summed E-state index contributed by atoms with van der Waals surface area (Å²) in [4.78, 5) is 41.8. The van der Waals surface area contributed by atoms with Crippen molar-refractivity contribution in [1.82, 2.24) is 24.8 Å². The molecule has 5 heterocycles. The number of anilines is 2. The Labute approximate surface area is 300 Å². The van der Waals surface area contributed by atoms with Crippen molar-refractivity contribution in [3.8, 4) is 22.6 Å². The van der Waals surface area contributed by atoms with Crippen LogP contribution in [0.3, 0.4) is 0 Å². The second-order valence-electron chi connectivity index (χ2n) is 13.7. The number of hydrogen-bond acceptors (Lipinski definition) is 9. The number of fused-ring (bicyclic) bond motifs is 2. The highest BCUT2D eigenvalue weighted by molar-refractivity contribution is 6.34. The Morgan fingerprint density at radius 3 is 2.53 bits per heavy atom. The molecule has 0 saturated carbocycles.